The Balaban J connectivity index is 0.00000210. The number of halogens is 2. The predicted octanol–water partition coefficient (Wildman–Crippen LogP) is -0.879. The molecular formula is C18H20ClFN5O2-. The molecule has 4 rings (SSSR count). The summed E-state index contributed by atoms with van der Waals surface area (Å²) in [5, 5.41) is 11.1. The van der Waals surface area contributed by atoms with E-state index in [0.717, 1.165) is 37.2 Å². The number of nitrogens with zero attached hydrogens (tertiary/aromatic N) is 4. The van der Waals surface area contributed by atoms with Gasteiger partial charge < -0.3 is 22.1 Å². The molecule has 0 radical (unpaired) electrons. The molecule has 1 aliphatic rings. The van der Waals surface area contributed by atoms with Crippen LogP contribution in [-0.2, 0) is 11.3 Å². The van der Waals surface area contributed by atoms with Crippen LogP contribution in [0.15, 0.2) is 41.0 Å². The van der Waals surface area contributed by atoms with E-state index in [1.807, 2.05) is 10.7 Å². The van der Waals surface area contributed by atoms with E-state index in [1.54, 1.807) is 18.4 Å². The molecule has 2 aromatic heterocycles. The zero-order valence-corrected chi connectivity index (χ0v) is 15.4. The number of amides is 1. The third-order valence-electron chi connectivity index (χ3n) is 4.74. The van der Waals surface area contributed by atoms with Gasteiger partial charge in [0.25, 0.3) is 0 Å². The predicted molar refractivity (Wildman–Crippen MR) is 92.8 cm³/mol. The third-order valence-corrected chi connectivity index (χ3v) is 4.74. The summed E-state index contributed by atoms with van der Waals surface area (Å²) >= 11 is 0. The number of carbonyl (C=O) groups is 1. The molecule has 1 aliphatic heterocycles. The maximum atomic E-state index is 13.3. The van der Waals surface area contributed by atoms with Gasteiger partial charge in [0.2, 0.25) is 5.91 Å². The first kappa shape index (κ1) is 19.3. The highest BCUT2D eigenvalue weighted by Crippen LogP contribution is 2.25. The van der Waals surface area contributed by atoms with E-state index in [4.69, 9.17) is 4.42 Å². The van der Waals surface area contributed by atoms with Crippen LogP contribution in [0.4, 0.5) is 4.39 Å². The number of carbonyl (C=O) groups excluding carboxylic acids is 1. The Morgan fingerprint density at radius 3 is 2.85 bits per heavy atom. The third kappa shape index (κ3) is 4.45. The molecule has 1 N–H and O–H groups in total. The number of rotatable bonds is 5. The summed E-state index contributed by atoms with van der Waals surface area (Å²) in [4.78, 5) is 14.2. The summed E-state index contributed by atoms with van der Waals surface area (Å²) in [5.41, 5.74) is 1.42. The van der Waals surface area contributed by atoms with Gasteiger partial charge >= 0.3 is 0 Å². The first-order valence-corrected chi connectivity index (χ1v) is 8.71. The molecule has 27 heavy (non-hydrogen) atoms. The summed E-state index contributed by atoms with van der Waals surface area (Å²) in [6.45, 7) is 2.39. The van der Waals surface area contributed by atoms with Gasteiger partial charge in [-0.15, -0.1) is 5.10 Å². The van der Waals surface area contributed by atoms with Crippen LogP contribution >= 0.6 is 0 Å². The smallest absolute Gasteiger partial charge is 0.234 e. The van der Waals surface area contributed by atoms with Gasteiger partial charge in [0.15, 0.2) is 0 Å². The van der Waals surface area contributed by atoms with Gasteiger partial charge in [0.05, 0.1) is 30.9 Å². The van der Waals surface area contributed by atoms with Gasteiger partial charge in [-0.25, -0.2) is 9.07 Å². The van der Waals surface area contributed by atoms with Crippen molar-refractivity contribution < 1.29 is 26.0 Å². The summed E-state index contributed by atoms with van der Waals surface area (Å²) in [6, 6.07) is 8.40. The van der Waals surface area contributed by atoms with Gasteiger partial charge in [-0.2, -0.15) is 0 Å². The fraction of sp³-hybridized carbons (Fsp3) is 0.389. The molecule has 144 valence electrons. The number of hydrogen-bond donors (Lipinski definition) is 1. The Kier molecular flexibility index (Phi) is 6.08. The molecule has 1 aromatic carbocycles. The molecule has 7 nitrogen and oxygen atoms in total. The van der Waals surface area contributed by atoms with Crippen molar-refractivity contribution >= 4 is 16.9 Å². The van der Waals surface area contributed by atoms with E-state index in [1.165, 1.54) is 12.1 Å². The molecule has 0 aliphatic carbocycles. The van der Waals surface area contributed by atoms with Crippen LogP contribution in [0.5, 0.6) is 0 Å². The van der Waals surface area contributed by atoms with E-state index in [2.05, 4.69) is 20.5 Å². The van der Waals surface area contributed by atoms with Crippen LogP contribution in [-0.4, -0.2) is 45.4 Å². The highest BCUT2D eigenvalue weighted by atomic mass is 35.5. The van der Waals surface area contributed by atoms with Crippen molar-refractivity contribution in [3.8, 4) is 0 Å². The first-order chi connectivity index (χ1) is 12.7. The maximum absolute atomic E-state index is 13.3. The minimum Gasteiger partial charge on any atom is -1.00 e. The highest BCUT2D eigenvalue weighted by molar-refractivity contribution is 5.78. The number of aromatic nitrogens is 3. The minimum atomic E-state index is -0.306. The minimum absolute atomic E-state index is 0. The molecule has 0 unspecified atom stereocenters. The lowest BCUT2D eigenvalue weighted by atomic mass is 10.0. The number of piperidine rings is 1. The van der Waals surface area contributed by atoms with Crippen LogP contribution in [0, 0.1) is 5.82 Å². The second kappa shape index (κ2) is 8.49. The molecule has 0 bridgehead atoms. The Labute approximate surface area is 161 Å². The molecule has 0 spiro atoms. The van der Waals surface area contributed by atoms with Crippen molar-refractivity contribution in [1.82, 2.24) is 25.2 Å². The highest BCUT2D eigenvalue weighted by Gasteiger charge is 2.24. The molecule has 3 heterocycles. The Bertz CT molecular complexity index is 890. The zero-order valence-electron chi connectivity index (χ0n) is 14.6. The normalized spacial score (nSPS) is 15.6. The lowest BCUT2D eigenvalue weighted by Crippen LogP contribution is -3.00. The quantitative estimate of drug-likeness (QED) is 0.610. The van der Waals surface area contributed by atoms with Crippen molar-refractivity contribution in [1.29, 1.82) is 0 Å². The van der Waals surface area contributed by atoms with Crippen LogP contribution in [0.1, 0.15) is 24.6 Å². The average Bonchev–Trinajstić information content (AvgIpc) is 3.30. The monoisotopic (exact) mass is 392 g/mol. The summed E-state index contributed by atoms with van der Waals surface area (Å²) in [7, 11) is 0. The summed E-state index contributed by atoms with van der Waals surface area (Å²) in [5.74, 6) is 0.424. The summed E-state index contributed by atoms with van der Waals surface area (Å²) in [6.07, 6.45) is 3.34. The second-order valence-corrected chi connectivity index (χ2v) is 6.53. The van der Waals surface area contributed by atoms with Crippen molar-refractivity contribution in [2.75, 3.05) is 19.6 Å². The summed E-state index contributed by atoms with van der Waals surface area (Å²) < 4.78 is 20.4. The molecule has 3 aromatic rings. The van der Waals surface area contributed by atoms with Gasteiger partial charge in [0, 0.05) is 19.2 Å². The van der Waals surface area contributed by atoms with Crippen LogP contribution < -0.4 is 17.7 Å². The zero-order chi connectivity index (χ0) is 17.9. The van der Waals surface area contributed by atoms with Crippen molar-refractivity contribution in [3.05, 3.63) is 48.2 Å². The topological polar surface area (TPSA) is 76.2 Å². The molecule has 1 saturated heterocycles. The van der Waals surface area contributed by atoms with E-state index in [-0.39, 0.29) is 30.2 Å². The van der Waals surface area contributed by atoms with Gasteiger partial charge in [-0.1, -0.05) is 5.21 Å². The molecule has 9 heteroatoms. The van der Waals surface area contributed by atoms with Crippen LogP contribution in [0.3, 0.4) is 0 Å². The Morgan fingerprint density at radius 1 is 1.30 bits per heavy atom. The number of hydrogen-bond acceptors (Lipinski definition) is 5. The number of fused-ring (bicyclic) bond motifs is 1. The Morgan fingerprint density at radius 2 is 2.11 bits per heavy atom. The van der Waals surface area contributed by atoms with Crippen molar-refractivity contribution in [2.45, 2.75) is 25.4 Å². The SMILES string of the molecule is O=C(CN1CCC(n2nnc3cc(F)ccc32)CC1)NCc1ccco1.[Cl-]. The van der Waals surface area contributed by atoms with Crippen LogP contribution in [0.2, 0.25) is 0 Å². The van der Waals surface area contributed by atoms with E-state index >= 15 is 0 Å². The molecule has 0 saturated carbocycles. The average molecular weight is 393 g/mol. The number of furan rings is 1. The lowest BCUT2D eigenvalue weighted by Gasteiger charge is -2.31. The van der Waals surface area contributed by atoms with Crippen molar-refractivity contribution in [3.63, 3.8) is 0 Å². The molecule has 0 atom stereocenters. The van der Waals surface area contributed by atoms with Crippen LogP contribution in [0.25, 0.3) is 11.0 Å². The number of likely N-dealkylation sites (tertiary alicyclic amines) is 1. The molecular weight excluding hydrogens is 373 g/mol. The van der Waals surface area contributed by atoms with E-state index in [0.29, 0.717) is 18.6 Å². The van der Waals surface area contributed by atoms with Gasteiger partial charge in [-0.05, 0) is 37.1 Å². The van der Waals surface area contributed by atoms with Gasteiger partial charge in [0.1, 0.15) is 17.1 Å². The van der Waals surface area contributed by atoms with E-state index in [9.17, 15) is 9.18 Å². The fourth-order valence-corrected chi connectivity index (χ4v) is 3.36. The second-order valence-electron chi connectivity index (χ2n) is 6.53. The molecule has 1 amide bonds. The Hall–Kier alpha value is -2.45. The van der Waals surface area contributed by atoms with Crippen molar-refractivity contribution in [2.24, 2.45) is 0 Å². The fourth-order valence-electron chi connectivity index (χ4n) is 3.36. The first-order valence-electron chi connectivity index (χ1n) is 8.71. The number of nitrogens with one attached hydrogen (secondary N) is 1. The van der Waals surface area contributed by atoms with Gasteiger partial charge in [-0.3, -0.25) is 9.69 Å². The standard InChI is InChI=1S/C18H20FN5O2.ClH/c19-13-3-4-17-16(10-13)21-22-24(17)14-5-7-23(8-6-14)12-18(25)20-11-15-2-1-9-26-15;/h1-4,9-10,14H,5-8,11-12H2,(H,20,25);1H/p-1. The largest absolute Gasteiger partial charge is 1.00 e. The molecule has 1 fully saturated rings. The lowest BCUT2D eigenvalue weighted by molar-refractivity contribution is -0.122. The van der Waals surface area contributed by atoms with E-state index < -0.39 is 0 Å². The number of benzene rings is 1. The maximum Gasteiger partial charge on any atom is 0.234 e.